The van der Waals surface area contributed by atoms with E-state index in [2.05, 4.69) is 10.2 Å². The lowest BCUT2D eigenvalue weighted by atomic mass is 10.0. The lowest BCUT2D eigenvalue weighted by molar-refractivity contribution is -0.140. The van der Waals surface area contributed by atoms with Gasteiger partial charge < -0.3 is 10.2 Å². The Morgan fingerprint density at radius 3 is 2.30 bits per heavy atom. The third kappa shape index (κ3) is 4.25. The van der Waals surface area contributed by atoms with E-state index < -0.39 is 0 Å². The van der Waals surface area contributed by atoms with Crippen LogP contribution >= 0.6 is 0 Å². The van der Waals surface area contributed by atoms with Gasteiger partial charge >= 0.3 is 0 Å². The van der Waals surface area contributed by atoms with Gasteiger partial charge in [0.25, 0.3) is 0 Å². The van der Waals surface area contributed by atoms with Crippen LogP contribution in [-0.2, 0) is 9.59 Å². The average molecular weight is 321 g/mol. The third-order valence-corrected chi connectivity index (χ3v) is 5.74. The Kier molecular flexibility index (Phi) is 5.92. The van der Waals surface area contributed by atoms with E-state index in [1.807, 2.05) is 4.90 Å². The molecule has 0 aromatic carbocycles. The molecule has 2 aliphatic heterocycles. The summed E-state index contributed by atoms with van der Waals surface area (Å²) in [4.78, 5) is 29.5. The van der Waals surface area contributed by atoms with Crippen molar-refractivity contribution in [3.63, 3.8) is 0 Å². The Bertz CT molecular complexity index is 412. The maximum atomic E-state index is 12.8. The van der Waals surface area contributed by atoms with Gasteiger partial charge in [-0.15, -0.1) is 0 Å². The maximum Gasteiger partial charge on any atom is 0.237 e. The van der Waals surface area contributed by atoms with Gasteiger partial charge in [0.1, 0.15) is 0 Å². The summed E-state index contributed by atoms with van der Waals surface area (Å²) in [7, 11) is 0. The summed E-state index contributed by atoms with van der Waals surface area (Å²) in [6.45, 7) is 3.37. The molecule has 0 radical (unpaired) electrons. The number of carbonyl (C=O) groups excluding carboxylic acids is 2. The van der Waals surface area contributed by atoms with Gasteiger partial charge in [-0.25, -0.2) is 0 Å². The Labute approximate surface area is 139 Å². The van der Waals surface area contributed by atoms with Crippen molar-refractivity contribution in [3.05, 3.63) is 0 Å². The van der Waals surface area contributed by atoms with Crippen molar-refractivity contribution in [2.75, 3.05) is 26.2 Å². The highest BCUT2D eigenvalue weighted by Crippen LogP contribution is 2.27. The highest BCUT2D eigenvalue weighted by molar-refractivity contribution is 5.88. The van der Waals surface area contributed by atoms with Gasteiger partial charge in [-0.3, -0.25) is 14.5 Å². The predicted octanol–water partition coefficient (Wildman–Crippen LogP) is 1.91. The van der Waals surface area contributed by atoms with E-state index in [4.69, 9.17) is 0 Å². The largest absolute Gasteiger partial charge is 0.353 e. The molecule has 3 rings (SSSR count). The van der Waals surface area contributed by atoms with Gasteiger partial charge in [-0.05, 0) is 25.7 Å². The van der Waals surface area contributed by atoms with Crippen molar-refractivity contribution in [1.29, 1.82) is 0 Å². The SMILES string of the molecule is O=C1NCCN(C2CCCC2)C1CC(=O)N1CCCCCCC1. The number of hydrogen-bond donors (Lipinski definition) is 1. The average Bonchev–Trinajstić information content (AvgIpc) is 3.03. The molecule has 23 heavy (non-hydrogen) atoms. The van der Waals surface area contributed by atoms with Crippen LogP contribution in [0.5, 0.6) is 0 Å². The van der Waals surface area contributed by atoms with Crippen LogP contribution in [0.2, 0.25) is 0 Å². The van der Waals surface area contributed by atoms with E-state index in [-0.39, 0.29) is 17.9 Å². The normalized spacial score (nSPS) is 28.3. The summed E-state index contributed by atoms with van der Waals surface area (Å²) in [6.07, 6.45) is 11.2. The van der Waals surface area contributed by atoms with Gasteiger partial charge in [0.05, 0.1) is 12.5 Å². The molecule has 1 atom stereocenters. The molecule has 0 bridgehead atoms. The summed E-state index contributed by atoms with van der Waals surface area (Å²) in [5, 5.41) is 2.96. The number of nitrogens with zero attached hydrogens (tertiary/aromatic N) is 2. The van der Waals surface area contributed by atoms with Crippen LogP contribution in [0.1, 0.15) is 64.2 Å². The molecule has 0 aromatic rings. The molecular formula is C18H31N3O2. The summed E-state index contributed by atoms with van der Waals surface area (Å²) in [5.74, 6) is 0.237. The van der Waals surface area contributed by atoms with Gasteiger partial charge in [-0.1, -0.05) is 32.1 Å². The molecule has 1 saturated carbocycles. The highest BCUT2D eigenvalue weighted by Gasteiger charge is 2.37. The number of carbonyl (C=O) groups is 2. The fourth-order valence-corrected chi connectivity index (χ4v) is 4.41. The first-order valence-electron chi connectivity index (χ1n) is 9.57. The van der Waals surface area contributed by atoms with E-state index in [0.717, 1.165) is 39.0 Å². The number of amides is 2. The topological polar surface area (TPSA) is 52.7 Å². The molecule has 3 fully saturated rings. The molecule has 130 valence electrons. The zero-order valence-corrected chi connectivity index (χ0v) is 14.3. The molecule has 2 heterocycles. The van der Waals surface area contributed by atoms with Crippen LogP contribution in [-0.4, -0.2) is 59.9 Å². The van der Waals surface area contributed by atoms with Gasteiger partial charge in [-0.2, -0.15) is 0 Å². The third-order valence-electron chi connectivity index (χ3n) is 5.74. The summed E-state index contributed by atoms with van der Waals surface area (Å²) < 4.78 is 0. The molecule has 3 aliphatic rings. The molecule has 5 heteroatoms. The predicted molar refractivity (Wildman–Crippen MR) is 90.0 cm³/mol. The minimum atomic E-state index is -0.246. The fraction of sp³-hybridized carbons (Fsp3) is 0.889. The minimum absolute atomic E-state index is 0.0588. The van der Waals surface area contributed by atoms with Crippen LogP contribution in [0.4, 0.5) is 0 Å². The van der Waals surface area contributed by atoms with Crippen LogP contribution in [0.25, 0.3) is 0 Å². The first-order valence-corrected chi connectivity index (χ1v) is 9.57. The van der Waals surface area contributed by atoms with E-state index in [9.17, 15) is 9.59 Å². The molecule has 1 unspecified atom stereocenters. The fourth-order valence-electron chi connectivity index (χ4n) is 4.41. The number of piperazine rings is 1. The Morgan fingerprint density at radius 1 is 0.957 bits per heavy atom. The van der Waals surface area contributed by atoms with Crippen molar-refractivity contribution in [1.82, 2.24) is 15.1 Å². The molecule has 2 saturated heterocycles. The van der Waals surface area contributed by atoms with Crippen LogP contribution in [0, 0.1) is 0 Å². The number of nitrogens with one attached hydrogen (secondary N) is 1. The van der Waals surface area contributed by atoms with Gasteiger partial charge in [0.15, 0.2) is 0 Å². The van der Waals surface area contributed by atoms with Gasteiger partial charge in [0.2, 0.25) is 11.8 Å². The van der Waals surface area contributed by atoms with Crippen molar-refractivity contribution >= 4 is 11.8 Å². The summed E-state index contributed by atoms with van der Waals surface area (Å²) >= 11 is 0. The minimum Gasteiger partial charge on any atom is -0.353 e. The monoisotopic (exact) mass is 321 g/mol. The van der Waals surface area contributed by atoms with E-state index >= 15 is 0 Å². The molecule has 1 aliphatic carbocycles. The van der Waals surface area contributed by atoms with E-state index in [1.165, 1.54) is 44.9 Å². The standard InChI is InChI=1S/C18H31N3O2/c22-17(20-11-6-2-1-3-7-12-20)14-16-18(23)19-10-13-21(16)15-8-4-5-9-15/h15-16H,1-14H2,(H,19,23). The Hall–Kier alpha value is -1.10. The second kappa shape index (κ2) is 8.13. The maximum absolute atomic E-state index is 12.8. The number of rotatable bonds is 3. The van der Waals surface area contributed by atoms with E-state index in [1.54, 1.807) is 0 Å². The molecule has 0 spiro atoms. The number of likely N-dealkylation sites (tertiary alicyclic amines) is 1. The first kappa shape index (κ1) is 16.7. The zero-order valence-electron chi connectivity index (χ0n) is 14.3. The molecule has 5 nitrogen and oxygen atoms in total. The lowest BCUT2D eigenvalue weighted by Crippen LogP contribution is -2.59. The van der Waals surface area contributed by atoms with E-state index in [0.29, 0.717) is 12.5 Å². The van der Waals surface area contributed by atoms with Crippen LogP contribution < -0.4 is 5.32 Å². The summed E-state index contributed by atoms with van der Waals surface area (Å²) in [5.41, 5.74) is 0. The zero-order chi connectivity index (χ0) is 16.1. The van der Waals surface area contributed by atoms with Crippen molar-refractivity contribution in [2.24, 2.45) is 0 Å². The molecule has 2 amide bonds. The van der Waals surface area contributed by atoms with Crippen molar-refractivity contribution in [3.8, 4) is 0 Å². The Balaban J connectivity index is 1.62. The Morgan fingerprint density at radius 2 is 1.61 bits per heavy atom. The smallest absolute Gasteiger partial charge is 0.237 e. The second-order valence-corrected chi connectivity index (χ2v) is 7.34. The summed E-state index contributed by atoms with van der Waals surface area (Å²) in [6, 6.07) is 0.260. The van der Waals surface area contributed by atoms with Crippen LogP contribution in [0.15, 0.2) is 0 Å². The molecule has 0 aromatic heterocycles. The van der Waals surface area contributed by atoms with Crippen molar-refractivity contribution in [2.45, 2.75) is 76.3 Å². The second-order valence-electron chi connectivity index (χ2n) is 7.34. The van der Waals surface area contributed by atoms with Crippen LogP contribution in [0.3, 0.4) is 0 Å². The molecular weight excluding hydrogens is 290 g/mol. The first-order chi connectivity index (χ1) is 11.3. The highest BCUT2D eigenvalue weighted by atomic mass is 16.2. The van der Waals surface area contributed by atoms with Crippen molar-refractivity contribution < 1.29 is 9.59 Å². The van der Waals surface area contributed by atoms with Gasteiger partial charge in [0, 0.05) is 32.2 Å². The quantitative estimate of drug-likeness (QED) is 0.864. The molecule has 1 N–H and O–H groups in total. The lowest BCUT2D eigenvalue weighted by Gasteiger charge is -2.39. The number of hydrogen-bond acceptors (Lipinski definition) is 3.